The molecule has 3 rings (SSSR count). The summed E-state index contributed by atoms with van der Waals surface area (Å²) in [7, 11) is 4.73. The first-order valence-electron chi connectivity index (χ1n) is 11.5. The molecular weight excluding hydrogens is 444 g/mol. The van der Waals surface area contributed by atoms with Crippen molar-refractivity contribution in [1.82, 2.24) is 10.2 Å². The molecule has 0 spiro atoms. The summed E-state index contributed by atoms with van der Waals surface area (Å²) >= 11 is 0. The molecule has 0 aliphatic rings. The third kappa shape index (κ3) is 6.53. The molecule has 0 fully saturated rings. The van der Waals surface area contributed by atoms with Gasteiger partial charge in [-0.1, -0.05) is 48.5 Å². The summed E-state index contributed by atoms with van der Waals surface area (Å²) in [6.45, 7) is 2.58. The first-order chi connectivity index (χ1) is 17.0. The number of amides is 2. The number of benzene rings is 3. The van der Waals surface area contributed by atoms with Crippen LogP contribution in [-0.2, 0) is 22.6 Å². The number of likely N-dealkylation sites (N-methyl/N-ethyl adjacent to an activating group) is 1. The lowest BCUT2D eigenvalue weighted by Gasteiger charge is -2.32. The van der Waals surface area contributed by atoms with Gasteiger partial charge >= 0.3 is 0 Å². The van der Waals surface area contributed by atoms with Gasteiger partial charge in [-0.25, -0.2) is 0 Å². The smallest absolute Gasteiger partial charge is 0.247 e. The molecule has 0 radical (unpaired) electrons. The van der Waals surface area contributed by atoms with Crippen molar-refractivity contribution in [1.29, 1.82) is 0 Å². The van der Waals surface area contributed by atoms with Gasteiger partial charge in [-0.2, -0.15) is 0 Å². The third-order valence-corrected chi connectivity index (χ3v) is 5.66. The van der Waals surface area contributed by atoms with E-state index in [1.165, 1.54) is 0 Å². The van der Waals surface area contributed by atoms with Crippen LogP contribution in [0.3, 0.4) is 0 Å². The molecule has 0 bridgehead atoms. The Morgan fingerprint density at radius 1 is 0.829 bits per heavy atom. The monoisotopic (exact) mass is 476 g/mol. The zero-order chi connectivity index (χ0) is 25.2. The van der Waals surface area contributed by atoms with Crippen molar-refractivity contribution in [2.75, 3.05) is 27.9 Å². The van der Waals surface area contributed by atoms with Crippen molar-refractivity contribution < 1.29 is 23.8 Å². The standard InChI is InChI=1S/C28H32N2O5/c1-5-29-28(32)27(22-9-7-6-8-10-22)30(19-20-11-14-23(33-2)15-12-20)26(31)18-21-13-16-24(34-3)25(17-21)35-4/h6-17,27H,5,18-19H2,1-4H3,(H,29,32). The largest absolute Gasteiger partial charge is 0.497 e. The molecule has 35 heavy (non-hydrogen) atoms. The van der Waals surface area contributed by atoms with E-state index in [-0.39, 0.29) is 24.8 Å². The van der Waals surface area contributed by atoms with Crippen molar-refractivity contribution in [3.8, 4) is 17.2 Å². The van der Waals surface area contributed by atoms with Crippen molar-refractivity contribution in [3.05, 3.63) is 89.5 Å². The van der Waals surface area contributed by atoms with Crippen LogP contribution in [0.2, 0.25) is 0 Å². The normalized spacial score (nSPS) is 11.3. The van der Waals surface area contributed by atoms with E-state index in [0.717, 1.165) is 22.4 Å². The first kappa shape index (κ1) is 25.6. The summed E-state index contributed by atoms with van der Waals surface area (Å²) in [6, 6.07) is 21.4. The van der Waals surface area contributed by atoms with Crippen molar-refractivity contribution in [2.24, 2.45) is 0 Å². The maximum atomic E-state index is 13.8. The van der Waals surface area contributed by atoms with Gasteiger partial charge in [0.1, 0.15) is 11.8 Å². The van der Waals surface area contributed by atoms with Gasteiger partial charge in [0.05, 0.1) is 27.8 Å². The van der Waals surface area contributed by atoms with Gasteiger partial charge in [-0.05, 0) is 47.9 Å². The molecule has 0 saturated carbocycles. The Morgan fingerprint density at radius 2 is 1.49 bits per heavy atom. The maximum Gasteiger partial charge on any atom is 0.247 e. The van der Waals surface area contributed by atoms with Gasteiger partial charge in [0.15, 0.2) is 11.5 Å². The van der Waals surface area contributed by atoms with Crippen LogP contribution in [0, 0.1) is 0 Å². The predicted molar refractivity (Wildman–Crippen MR) is 135 cm³/mol. The van der Waals surface area contributed by atoms with Crippen molar-refractivity contribution >= 4 is 11.8 Å². The quantitative estimate of drug-likeness (QED) is 0.450. The Kier molecular flexibility index (Phi) is 9.12. The summed E-state index contributed by atoms with van der Waals surface area (Å²) < 4.78 is 16.0. The van der Waals surface area contributed by atoms with E-state index in [1.54, 1.807) is 38.4 Å². The molecule has 184 valence electrons. The van der Waals surface area contributed by atoms with Crippen LogP contribution in [0.15, 0.2) is 72.8 Å². The highest BCUT2D eigenvalue weighted by Crippen LogP contribution is 2.29. The molecule has 1 atom stereocenters. The Hall–Kier alpha value is -4.00. The molecule has 3 aromatic rings. The van der Waals surface area contributed by atoms with E-state index in [2.05, 4.69) is 5.32 Å². The number of methoxy groups -OCH3 is 3. The maximum absolute atomic E-state index is 13.8. The highest BCUT2D eigenvalue weighted by Gasteiger charge is 2.31. The van der Waals surface area contributed by atoms with Gasteiger partial charge < -0.3 is 24.4 Å². The number of nitrogens with one attached hydrogen (secondary N) is 1. The van der Waals surface area contributed by atoms with E-state index in [1.807, 2.05) is 67.6 Å². The summed E-state index contributed by atoms with van der Waals surface area (Å²) in [5.41, 5.74) is 2.39. The second-order valence-corrected chi connectivity index (χ2v) is 7.94. The second kappa shape index (κ2) is 12.5. The summed E-state index contributed by atoms with van der Waals surface area (Å²) in [6.07, 6.45) is 0.0965. The van der Waals surface area contributed by atoms with Crippen LogP contribution >= 0.6 is 0 Å². The predicted octanol–water partition coefficient (Wildman–Crippen LogP) is 4.16. The van der Waals surface area contributed by atoms with E-state index in [9.17, 15) is 9.59 Å². The lowest BCUT2D eigenvalue weighted by atomic mass is 10.0. The lowest BCUT2D eigenvalue weighted by molar-refractivity contribution is -0.141. The molecule has 7 heteroatoms. The summed E-state index contributed by atoms with van der Waals surface area (Å²) in [5, 5.41) is 2.89. The average molecular weight is 477 g/mol. The molecular formula is C28H32N2O5. The molecule has 3 aromatic carbocycles. The minimum atomic E-state index is -0.786. The zero-order valence-electron chi connectivity index (χ0n) is 20.6. The van der Waals surface area contributed by atoms with E-state index < -0.39 is 6.04 Å². The minimum Gasteiger partial charge on any atom is -0.497 e. The highest BCUT2D eigenvalue weighted by atomic mass is 16.5. The summed E-state index contributed by atoms with van der Waals surface area (Å²) in [5.74, 6) is 1.44. The second-order valence-electron chi connectivity index (χ2n) is 7.94. The molecule has 0 aliphatic carbocycles. The number of carbonyl (C=O) groups is 2. The Morgan fingerprint density at radius 3 is 2.09 bits per heavy atom. The van der Waals surface area contributed by atoms with Crippen LogP contribution in [0.1, 0.15) is 29.7 Å². The van der Waals surface area contributed by atoms with Crippen molar-refractivity contribution in [2.45, 2.75) is 25.9 Å². The SMILES string of the molecule is CCNC(=O)C(c1ccccc1)N(Cc1ccc(OC)cc1)C(=O)Cc1ccc(OC)c(OC)c1. The summed E-state index contributed by atoms with van der Waals surface area (Å²) in [4.78, 5) is 28.6. The van der Waals surface area contributed by atoms with Gasteiger partial charge in [0, 0.05) is 13.1 Å². The molecule has 0 aliphatic heterocycles. The van der Waals surface area contributed by atoms with Gasteiger partial charge in [-0.15, -0.1) is 0 Å². The molecule has 0 heterocycles. The van der Waals surface area contributed by atoms with E-state index in [4.69, 9.17) is 14.2 Å². The molecule has 2 amide bonds. The highest BCUT2D eigenvalue weighted by molar-refractivity contribution is 5.89. The minimum absolute atomic E-state index is 0.0965. The van der Waals surface area contributed by atoms with Crippen molar-refractivity contribution in [3.63, 3.8) is 0 Å². The molecule has 7 nitrogen and oxygen atoms in total. The van der Waals surface area contributed by atoms with E-state index >= 15 is 0 Å². The third-order valence-electron chi connectivity index (χ3n) is 5.66. The fourth-order valence-corrected chi connectivity index (χ4v) is 3.90. The van der Waals surface area contributed by atoms with Crippen LogP contribution in [-0.4, -0.2) is 44.6 Å². The average Bonchev–Trinajstić information content (AvgIpc) is 2.89. The topological polar surface area (TPSA) is 77.1 Å². The molecule has 0 aromatic heterocycles. The van der Waals surface area contributed by atoms with Crippen LogP contribution in [0.25, 0.3) is 0 Å². The first-order valence-corrected chi connectivity index (χ1v) is 11.5. The Labute approximate surface area is 206 Å². The zero-order valence-corrected chi connectivity index (χ0v) is 20.6. The number of rotatable bonds is 11. The fourth-order valence-electron chi connectivity index (χ4n) is 3.90. The van der Waals surface area contributed by atoms with Gasteiger partial charge in [0.25, 0.3) is 0 Å². The van der Waals surface area contributed by atoms with Gasteiger partial charge in [-0.3, -0.25) is 9.59 Å². The number of carbonyl (C=O) groups excluding carboxylic acids is 2. The Bertz CT molecular complexity index is 1120. The van der Waals surface area contributed by atoms with E-state index in [0.29, 0.717) is 18.0 Å². The Balaban J connectivity index is 1.99. The molecule has 1 unspecified atom stereocenters. The fraction of sp³-hybridized carbons (Fsp3) is 0.286. The van der Waals surface area contributed by atoms with Crippen LogP contribution < -0.4 is 19.5 Å². The molecule has 1 N–H and O–H groups in total. The number of ether oxygens (including phenoxy) is 3. The number of nitrogens with zero attached hydrogens (tertiary/aromatic N) is 1. The van der Waals surface area contributed by atoms with Crippen LogP contribution in [0.4, 0.5) is 0 Å². The lowest BCUT2D eigenvalue weighted by Crippen LogP contribution is -2.44. The number of hydrogen-bond acceptors (Lipinski definition) is 5. The number of hydrogen-bond donors (Lipinski definition) is 1. The van der Waals surface area contributed by atoms with Crippen LogP contribution in [0.5, 0.6) is 17.2 Å². The van der Waals surface area contributed by atoms with Gasteiger partial charge in [0.2, 0.25) is 11.8 Å². The molecule has 0 saturated heterocycles.